The number of carbonyl (C=O) groups excluding carboxylic acids is 1. The second-order valence-electron chi connectivity index (χ2n) is 2.50. The van der Waals surface area contributed by atoms with Crippen molar-refractivity contribution in [3.05, 3.63) is 27.4 Å². The van der Waals surface area contributed by atoms with Gasteiger partial charge in [-0.15, -0.1) is 0 Å². The van der Waals surface area contributed by atoms with Crippen LogP contribution in [0.15, 0.2) is 12.3 Å². The first-order valence-electron chi connectivity index (χ1n) is 3.99. The van der Waals surface area contributed by atoms with Crippen LogP contribution in [0.3, 0.4) is 0 Å². The summed E-state index contributed by atoms with van der Waals surface area (Å²) in [6.07, 6.45) is 4.66. The van der Waals surface area contributed by atoms with Gasteiger partial charge in [0.15, 0.2) is 5.12 Å². The number of hydrogen-bond donors (Lipinski definition) is 0. The number of hydrogen-bond acceptors (Lipinski definition) is 6. The van der Waals surface area contributed by atoms with Gasteiger partial charge in [0.25, 0.3) is 0 Å². The summed E-state index contributed by atoms with van der Waals surface area (Å²) in [7, 11) is 0. The van der Waals surface area contributed by atoms with Gasteiger partial charge in [-0.3, -0.25) is 14.9 Å². The van der Waals surface area contributed by atoms with Gasteiger partial charge in [-0.1, -0.05) is 17.8 Å². The molecule has 7 heteroatoms. The maximum atomic E-state index is 10.6. The summed E-state index contributed by atoms with van der Waals surface area (Å²) in [4.78, 5) is 24.3. The van der Waals surface area contributed by atoms with E-state index >= 15 is 0 Å². The Labute approximate surface area is 94.4 Å². The number of nitrogens with zero attached hydrogens (tertiary/aromatic N) is 2. The van der Waals surface area contributed by atoms with E-state index in [0.717, 1.165) is 11.3 Å². The summed E-state index contributed by atoms with van der Waals surface area (Å²) in [5.41, 5.74) is 0. The third kappa shape index (κ3) is 4.22. The van der Waals surface area contributed by atoms with E-state index in [9.17, 15) is 14.9 Å². The molecule has 0 aliphatic heterocycles. The molecule has 0 aromatic carbocycles. The fourth-order valence-corrected chi connectivity index (χ4v) is 1.85. The van der Waals surface area contributed by atoms with Crippen molar-refractivity contribution >= 4 is 39.3 Å². The zero-order chi connectivity index (χ0) is 11.3. The Morgan fingerprint density at radius 3 is 3.07 bits per heavy atom. The molecular formula is C8H8N2O3S2. The van der Waals surface area contributed by atoms with Crippen LogP contribution in [-0.2, 0) is 4.79 Å². The van der Waals surface area contributed by atoms with E-state index in [1.54, 1.807) is 12.2 Å². The van der Waals surface area contributed by atoms with Gasteiger partial charge in [-0.05, 0) is 17.4 Å². The molecule has 0 saturated carbocycles. The summed E-state index contributed by atoms with van der Waals surface area (Å²) in [6, 6.07) is 0. The maximum absolute atomic E-state index is 10.6. The zero-order valence-corrected chi connectivity index (χ0v) is 9.51. The lowest BCUT2D eigenvalue weighted by atomic mass is 10.5. The third-order valence-corrected chi connectivity index (χ3v) is 3.01. The summed E-state index contributed by atoms with van der Waals surface area (Å²) in [6.45, 7) is 1.49. The topological polar surface area (TPSA) is 73.1 Å². The van der Waals surface area contributed by atoms with E-state index in [0.29, 0.717) is 10.8 Å². The quantitative estimate of drug-likeness (QED) is 0.600. The molecule has 0 spiro atoms. The Hall–Kier alpha value is -1.21. The van der Waals surface area contributed by atoms with Crippen molar-refractivity contribution in [2.75, 3.05) is 5.75 Å². The van der Waals surface area contributed by atoms with Gasteiger partial charge in [0.1, 0.15) is 11.2 Å². The predicted octanol–water partition coefficient (Wildman–Crippen LogP) is 2.34. The molecule has 0 amide bonds. The zero-order valence-electron chi connectivity index (χ0n) is 7.87. The molecule has 1 aromatic rings. The largest absolute Gasteiger partial charge is 0.344 e. The number of thiazole rings is 1. The average Bonchev–Trinajstić information content (AvgIpc) is 2.60. The second-order valence-corrected chi connectivity index (χ2v) is 4.74. The van der Waals surface area contributed by atoms with Crippen LogP contribution >= 0.6 is 23.1 Å². The summed E-state index contributed by atoms with van der Waals surface area (Å²) >= 11 is 2.19. The molecule has 0 N–H and O–H groups in total. The molecule has 0 bridgehead atoms. The molecule has 15 heavy (non-hydrogen) atoms. The number of aromatic nitrogens is 1. The number of thioether (sulfide) groups is 1. The summed E-state index contributed by atoms with van der Waals surface area (Å²) < 4.78 is 0. The molecule has 0 unspecified atom stereocenters. The van der Waals surface area contributed by atoms with Crippen LogP contribution in [0.5, 0.6) is 0 Å². The van der Waals surface area contributed by atoms with Crippen molar-refractivity contribution in [1.82, 2.24) is 4.98 Å². The standard InChI is InChI=1S/C8H8N2O3S2/c1-6(11)14-4-2-3-7-9-5-8(15-7)10(12)13/h2-3,5H,4H2,1H3. The summed E-state index contributed by atoms with van der Waals surface area (Å²) in [5.74, 6) is 0.558. The maximum Gasteiger partial charge on any atom is 0.344 e. The van der Waals surface area contributed by atoms with Crippen LogP contribution in [0.25, 0.3) is 6.08 Å². The van der Waals surface area contributed by atoms with E-state index in [-0.39, 0.29) is 10.1 Å². The third-order valence-electron chi connectivity index (χ3n) is 1.33. The lowest BCUT2D eigenvalue weighted by Gasteiger charge is -1.86. The highest BCUT2D eigenvalue weighted by Crippen LogP contribution is 2.21. The fourth-order valence-electron chi connectivity index (χ4n) is 0.755. The monoisotopic (exact) mass is 244 g/mol. The molecule has 1 aromatic heterocycles. The molecule has 0 aliphatic carbocycles. The van der Waals surface area contributed by atoms with E-state index < -0.39 is 4.92 Å². The molecule has 0 aliphatic rings. The molecule has 1 rings (SSSR count). The number of nitro groups is 1. The van der Waals surface area contributed by atoms with Crippen molar-refractivity contribution in [3.63, 3.8) is 0 Å². The van der Waals surface area contributed by atoms with Gasteiger partial charge in [-0.25, -0.2) is 4.98 Å². The normalized spacial score (nSPS) is 10.7. The van der Waals surface area contributed by atoms with Crippen LogP contribution in [0, 0.1) is 10.1 Å². The van der Waals surface area contributed by atoms with Gasteiger partial charge in [0.2, 0.25) is 0 Å². The molecule has 0 atom stereocenters. The van der Waals surface area contributed by atoms with Crippen molar-refractivity contribution in [1.29, 1.82) is 0 Å². The van der Waals surface area contributed by atoms with Crippen LogP contribution < -0.4 is 0 Å². The van der Waals surface area contributed by atoms with Crippen LogP contribution in [0.1, 0.15) is 11.9 Å². The van der Waals surface area contributed by atoms with E-state index in [1.807, 2.05) is 0 Å². The first-order valence-corrected chi connectivity index (χ1v) is 5.80. The molecule has 0 fully saturated rings. The van der Waals surface area contributed by atoms with Gasteiger partial charge in [0.05, 0.1) is 4.92 Å². The molecule has 80 valence electrons. The lowest BCUT2D eigenvalue weighted by molar-refractivity contribution is -0.380. The van der Waals surface area contributed by atoms with Gasteiger partial charge >= 0.3 is 5.00 Å². The molecule has 0 radical (unpaired) electrons. The first kappa shape index (κ1) is 11.9. The Kier molecular flexibility index (Phi) is 4.44. The lowest BCUT2D eigenvalue weighted by Crippen LogP contribution is -1.81. The van der Waals surface area contributed by atoms with Crippen molar-refractivity contribution < 1.29 is 9.72 Å². The van der Waals surface area contributed by atoms with Crippen molar-refractivity contribution in [3.8, 4) is 0 Å². The first-order chi connectivity index (χ1) is 7.09. The second kappa shape index (κ2) is 5.62. The van der Waals surface area contributed by atoms with Crippen LogP contribution in [0.4, 0.5) is 5.00 Å². The Bertz CT molecular complexity index is 400. The summed E-state index contributed by atoms with van der Waals surface area (Å²) in [5, 5.41) is 11.0. The van der Waals surface area contributed by atoms with Gasteiger partial charge in [-0.2, -0.15) is 0 Å². The average molecular weight is 244 g/mol. The molecule has 5 nitrogen and oxygen atoms in total. The van der Waals surface area contributed by atoms with Crippen molar-refractivity contribution in [2.45, 2.75) is 6.92 Å². The van der Waals surface area contributed by atoms with Gasteiger partial charge in [0, 0.05) is 12.7 Å². The Morgan fingerprint density at radius 2 is 2.53 bits per heavy atom. The van der Waals surface area contributed by atoms with Crippen molar-refractivity contribution in [2.24, 2.45) is 0 Å². The minimum atomic E-state index is -0.473. The molecule has 1 heterocycles. The highest BCUT2D eigenvalue weighted by Gasteiger charge is 2.08. The Morgan fingerprint density at radius 1 is 1.80 bits per heavy atom. The van der Waals surface area contributed by atoms with E-state index in [1.165, 1.54) is 24.9 Å². The highest BCUT2D eigenvalue weighted by atomic mass is 32.2. The van der Waals surface area contributed by atoms with E-state index in [2.05, 4.69) is 4.98 Å². The van der Waals surface area contributed by atoms with Gasteiger partial charge < -0.3 is 0 Å². The Balaban J connectivity index is 2.50. The smallest absolute Gasteiger partial charge is 0.288 e. The van der Waals surface area contributed by atoms with Crippen LogP contribution in [-0.4, -0.2) is 20.8 Å². The molecule has 0 saturated heterocycles. The minimum Gasteiger partial charge on any atom is -0.288 e. The van der Waals surface area contributed by atoms with E-state index in [4.69, 9.17) is 0 Å². The number of carbonyl (C=O) groups is 1. The predicted molar refractivity (Wildman–Crippen MR) is 60.9 cm³/mol. The fraction of sp³-hybridized carbons (Fsp3) is 0.250. The SMILES string of the molecule is CC(=O)SCC=Cc1ncc([N+](=O)[O-])s1. The number of rotatable bonds is 4. The van der Waals surface area contributed by atoms with Crippen LogP contribution in [0.2, 0.25) is 0 Å². The molecular weight excluding hydrogens is 236 g/mol. The minimum absolute atomic E-state index is 0.0221. The highest BCUT2D eigenvalue weighted by molar-refractivity contribution is 8.13.